The van der Waals surface area contributed by atoms with E-state index in [1.165, 1.54) is 0 Å². The van der Waals surface area contributed by atoms with Crippen LogP contribution in [0, 0.1) is 0 Å². The predicted octanol–water partition coefficient (Wildman–Crippen LogP) is 1.07. The molecule has 0 bridgehead atoms. The van der Waals surface area contributed by atoms with Gasteiger partial charge in [-0.05, 0) is 31.5 Å². The van der Waals surface area contributed by atoms with Gasteiger partial charge in [0.15, 0.2) is 17.6 Å². The third-order valence-electron chi connectivity index (χ3n) is 2.98. The summed E-state index contributed by atoms with van der Waals surface area (Å²) in [4.78, 5) is 23.3. The van der Waals surface area contributed by atoms with E-state index in [0.29, 0.717) is 31.3 Å². The molecule has 1 aromatic carbocycles. The maximum atomic E-state index is 11.8. The number of hydrogen-bond acceptors (Lipinski definition) is 5. The Morgan fingerprint density at radius 2 is 2.00 bits per heavy atom. The second kappa shape index (κ2) is 6.97. The molecule has 1 aliphatic rings. The van der Waals surface area contributed by atoms with Gasteiger partial charge < -0.3 is 19.5 Å². The fourth-order valence-electron chi connectivity index (χ4n) is 1.97. The first kappa shape index (κ1) is 15.2. The lowest BCUT2D eigenvalue weighted by Gasteiger charge is -2.19. The molecule has 6 heteroatoms. The van der Waals surface area contributed by atoms with Crippen LogP contribution in [-0.2, 0) is 20.7 Å². The van der Waals surface area contributed by atoms with Crippen molar-refractivity contribution in [1.82, 2.24) is 5.32 Å². The summed E-state index contributed by atoms with van der Waals surface area (Å²) < 4.78 is 16.0. The molecule has 21 heavy (non-hydrogen) atoms. The largest absolute Gasteiger partial charge is 0.486 e. The SMILES string of the molecule is CCNC(=O)[C@@H](C)OC(=O)Cc1ccc2c(c1)OCCO2. The molecule has 2 rings (SSSR count). The number of esters is 1. The lowest BCUT2D eigenvalue weighted by Crippen LogP contribution is -2.35. The van der Waals surface area contributed by atoms with E-state index in [0.717, 1.165) is 5.56 Å². The number of carbonyl (C=O) groups is 2. The second-order valence-electron chi connectivity index (χ2n) is 4.68. The van der Waals surface area contributed by atoms with E-state index in [2.05, 4.69) is 5.32 Å². The van der Waals surface area contributed by atoms with Crippen LogP contribution in [0.3, 0.4) is 0 Å². The molecule has 0 aliphatic carbocycles. The number of amides is 1. The minimum atomic E-state index is -0.797. The summed E-state index contributed by atoms with van der Waals surface area (Å²) in [5.74, 6) is 0.552. The number of rotatable bonds is 5. The molecule has 0 aromatic heterocycles. The first-order chi connectivity index (χ1) is 10.1. The molecule has 1 atom stereocenters. The zero-order valence-corrected chi connectivity index (χ0v) is 12.2. The Balaban J connectivity index is 1.92. The molecule has 114 valence electrons. The Morgan fingerprint density at radius 3 is 2.71 bits per heavy atom. The molecular weight excluding hydrogens is 274 g/mol. The van der Waals surface area contributed by atoms with Crippen LogP contribution in [0.25, 0.3) is 0 Å². The highest BCUT2D eigenvalue weighted by atomic mass is 16.6. The number of nitrogens with one attached hydrogen (secondary N) is 1. The number of fused-ring (bicyclic) bond motifs is 1. The van der Waals surface area contributed by atoms with Crippen LogP contribution in [-0.4, -0.2) is 37.7 Å². The highest BCUT2D eigenvalue weighted by Gasteiger charge is 2.18. The Hall–Kier alpha value is -2.24. The first-order valence-electron chi connectivity index (χ1n) is 6.96. The molecule has 1 amide bonds. The molecule has 1 aromatic rings. The maximum Gasteiger partial charge on any atom is 0.311 e. The Kier molecular flexibility index (Phi) is 5.03. The van der Waals surface area contributed by atoms with Crippen molar-refractivity contribution in [2.75, 3.05) is 19.8 Å². The van der Waals surface area contributed by atoms with Crippen molar-refractivity contribution in [1.29, 1.82) is 0 Å². The van der Waals surface area contributed by atoms with Crippen LogP contribution < -0.4 is 14.8 Å². The van der Waals surface area contributed by atoms with Crippen LogP contribution in [0.15, 0.2) is 18.2 Å². The molecule has 0 spiro atoms. The minimum Gasteiger partial charge on any atom is -0.486 e. The van der Waals surface area contributed by atoms with Gasteiger partial charge in [0.25, 0.3) is 5.91 Å². The van der Waals surface area contributed by atoms with E-state index in [9.17, 15) is 9.59 Å². The van der Waals surface area contributed by atoms with Gasteiger partial charge >= 0.3 is 5.97 Å². The van der Waals surface area contributed by atoms with Gasteiger partial charge in [-0.2, -0.15) is 0 Å². The maximum absolute atomic E-state index is 11.8. The fourth-order valence-corrected chi connectivity index (χ4v) is 1.97. The lowest BCUT2D eigenvalue weighted by molar-refractivity contribution is -0.154. The quantitative estimate of drug-likeness (QED) is 0.822. The molecule has 6 nitrogen and oxygen atoms in total. The monoisotopic (exact) mass is 293 g/mol. The molecule has 0 saturated carbocycles. The molecule has 0 fully saturated rings. The van der Waals surface area contributed by atoms with Crippen molar-refractivity contribution in [3.63, 3.8) is 0 Å². The summed E-state index contributed by atoms with van der Waals surface area (Å²) in [5.41, 5.74) is 0.757. The van der Waals surface area contributed by atoms with Gasteiger partial charge in [-0.1, -0.05) is 6.07 Å². The van der Waals surface area contributed by atoms with E-state index < -0.39 is 12.1 Å². The van der Waals surface area contributed by atoms with Gasteiger partial charge in [-0.15, -0.1) is 0 Å². The van der Waals surface area contributed by atoms with Crippen LogP contribution in [0.2, 0.25) is 0 Å². The number of hydrogen-bond donors (Lipinski definition) is 1. The van der Waals surface area contributed by atoms with Gasteiger partial charge in [-0.25, -0.2) is 0 Å². The Bertz CT molecular complexity index is 529. The Labute approximate surface area is 123 Å². The normalized spacial score (nSPS) is 14.2. The predicted molar refractivity (Wildman–Crippen MR) is 75.4 cm³/mol. The molecule has 1 heterocycles. The highest BCUT2D eigenvalue weighted by Crippen LogP contribution is 2.30. The summed E-state index contributed by atoms with van der Waals surface area (Å²) in [7, 11) is 0. The van der Waals surface area contributed by atoms with Crippen molar-refractivity contribution < 1.29 is 23.8 Å². The summed E-state index contributed by atoms with van der Waals surface area (Å²) in [5, 5.41) is 2.60. The molecule has 1 N–H and O–H groups in total. The number of ether oxygens (including phenoxy) is 3. The van der Waals surface area contributed by atoms with Gasteiger partial charge in [0, 0.05) is 6.54 Å². The van der Waals surface area contributed by atoms with Gasteiger partial charge in [0.05, 0.1) is 6.42 Å². The second-order valence-corrected chi connectivity index (χ2v) is 4.68. The van der Waals surface area contributed by atoms with E-state index in [1.807, 2.05) is 6.92 Å². The molecule has 0 saturated heterocycles. The van der Waals surface area contributed by atoms with Gasteiger partial charge in [0.1, 0.15) is 13.2 Å². The standard InChI is InChI=1S/C15H19NO5/c1-3-16-15(18)10(2)21-14(17)9-11-4-5-12-13(8-11)20-7-6-19-12/h4-5,8,10H,3,6-7,9H2,1-2H3,(H,16,18)/t10-/m1/s1. The zero-order chi connectivity index (χ0) is 15.2. The molecular formula is C15H19NO5. The topological polar surface area (TPSA) is 73.9 Å². The third-order valence-corrected chi connectivity index (χ3v) is 2.98. The summed E-state index contributed by atoms with van der Waals surface area (Å²) in [6, 6.07) is 5.31. The fraction of sp³-hybridized carbons (Fsp3) is 0.467. The van der Waals surface area contributed by atoms with Gasteiger partial charge in [-0.3, -0.25) is 9.59 Å². The zero-order valence-electron chi connectivity index (χ0n) is 12.2. The van der Waals surface area contributed by atoms with Crippen molar-refractivity contribution >= 4 is 11.9 Å². The van der Waals surface area contributed by atoms with Crippen LogP contribution in [0.4, 0.5) is 0 Å². The minimum absolute atomic E-state index is 0.0837. The summed E-state index contributed by atoms with van der Waals surface area (Å²) in [6.07, 6.45) is -0.713. The smallest absolute Gasteiger partial charge is 0.311 e. The Morgan fingerprint density at radius 1 is 1.29 bits per heavy atom. The summed E-state index contributed by atoms with van der Waals surface area (Å²) >= 11 is 0. The van der Waals surface area contributed by atoms with Crippen molar-refractivity contribution in [3.05, 3.63) is 23.8 Å². The van der Waals surface area contributed by atoms with E-state index in [4.69, 9.17) is 14.2 Å². The third kappa shape index (κ3) is 4.11. The lowest BCUT2D eigenvalue weighted by atomic mass is 10.1. The highest BCUT2D eigenvalue weighted by molar-refractivity contribution is 5.83. The average molecular weight is 293 g/mol. The first-order valence-corrected chi connectivity index (χ1v) is 6.96. The molecule has 1 aliphatic heterocycles. The van der Waals surface area contributed by atoms with Crippen LogP contribution >= 0.6 is 0 Å². The van der Waals surface area contributed by atoms with Gasteiger partial charge in [0.2, 0.25) is 0 Å². The number of benzene rings is 1. The van der Waals surface area contributed by atoms with E-state index in [-0.39, 0.29) is 12.3 Å². The van der Waals surface area contributed by atoms with Crippen LogP contribution in [0.5, 0.6) is 11.5 Å². The number of carbonyl (C=O) groups excluding carboxylic acids is 2. The van der Waals surface area contributed by atoms with Crippen molar-refractivity contribution in [2.24, 2.45) is 0 Å². The average Bonchev–Trinajstić information content (AvgIpc) is 2.47. The van der Waals surface area contributed by atoms with E-state index in [1.54, 1.807) is 25.1 Å². The summed E-state index contributed by atoms with van der Waals surface area (Å²) in [6.45, 7) is 4.88. The molecule has 0 radical (unpaired) electrons. The number of likely N-dealkylation sites (N-methyl/N-ethyl adjacent to an activating group) is 1. The van der Waals surface area contributed by atoms with Crippen molar-refractivity contribution in [3.8, 4) is 11.5 Å². The van der Waals surface area contributed by atoms with Crippen LogP contribution in [0.1, 0.15) is 19.4 Å². The van der Waals surface area contributed by atoms with E-state index >= 15 is 0 Å². The van der Waals surface area contributed by atoms with Crippen molar-refractivity contribution in [2.45, 2.75) is 26.4 Å². The molecule has 0 unspecified atom stereocenters.